The van der Waals surface area contributed by atoms with Crippen LogP contribution in [-0.4, -0.2) is 54.3 Å². The number of ether oxygens (including phenoxy) is 1. The lowest BCUT2D eigenvalue weighted by molar-refractivity contribution is 0.0398. The van der Waals surface area contributed by atoms with Gasteiger partial charge in [-0.05, 0) is 15.9 Å². The zero-order valence-corrected chi connectivity index (χ0v) is 12.2. The molecular weight excluding hydrogens is 296 g/mol. The largest absolute Gasteiger partial charge is 0.379 e. The van der Waals surface area contributed by atoms with Crippen molar-refractivity contribution in [2.75, 3.05) is 44.7 Å². The van der Waals surface area contributed by atoms with E-state index >= 15 is 0 Å². The number of nitrogens with zero attached hydrogens (tertiary/aromatic N) is 3. The second-order valence-corrected chi connectivity index (χ2v) is 5.04. The lowest BCUT2D eigenvalue weighted by atomic mass is 10.4. The lowest BCUT2D eigenvalue weighted by Crippen LogP contribution is -2.39. The second kappa shape index (κ2) is 7.01. The highest BCUT2D eigenvalue weighted by atomic mass is 79.9. The van der Waals surface area contributed by atoms with Crippen LogP contribution in [-0.2, 0) is 11.2 Å². The Morgan fingerprint density at radius 2 is 2.17 bits per heavy atom. The van der Waals surface area contributed by atoms with E-state index in [0.717, 1.165) is 62.1 Å². The van der Waals surface area contributed by atoms with Crippen molar-refractivity contribution in [3.8, 4) is 0 Å². The maximum atomic E-state index is 5.32. The Kier molecular flexibility index (Phi) is 5.34. The maximum Gasteiger partial charge on any atom is 0.131 e. The molecule has 18 heavy (non-hydrogen) atoms. The molecule has 1 N–H and O–H groups in total. The van der Waals surface area contributed by atoms with Crippen LogP contribution in [0.5, 0.6) is 0 Å². The van der Waals surface area contributed by atoms with Gasteiger partial charge in [0.15, 0.2) is 0 Å². The molecule has 1 saturated heterocycles. The van der Waals surface area contributed by atoms with Crippen molar-refractivity contribution in [2.24, 2.45) is 0 Å². The highest BCUT2D eigenvalue weighted by Crippen LogP contribution is 2.12. The van der Waals surface area contributed by atoms with E-state index in [4.69, 9.17) is 4.74 Å². The molecule has 1 aliphatic heterocycles. The third-order valence-electron chi connectivity index (χ3n) is 2.90. The van der Waals surface area contributed by atoms with E-state index in [9.17, 15) is 0 Å². The van der Waals surface area contributed by atoms with Crippen molar-refractivity contribution in [1.82, 2.24) is 14.9 Å². The van der Waals surface area contributed by atoms with Gasteiger partial charge in [0.1, 0.15) is 16.2 Å². The summed E-state index contributed by atoms with van der Waals surface area (Å²) in [5.74, 6) is 1.75. The fourth-order valence-electron chi connectivity index (χ4n) is 1.88. The van der Waals surface area contributed by atoms with Crippen LogP contribution in [0.1, 0.15) is 12.7 Å². The van der Waals surface area contributed by atoms with E-state index < -0.39 is 0 Å². The van der Waals surface area contributed by atoms with Gasteiger partial charge >= 0.3 is 0 Å². The lowest BCUT2D eigenvalue weighted by Gasteiger charge is -2.26. The molecule has 0 aromatic carbocycles. The molecule has 0 amide bonds. The van der Waals surface area contributed by atoms with Crippen LogP contribution in [0.4, 0.5) is 5.82 Å². The standard InChI is InChI=1S/C12H19BrN4O/c1-2-11-15-10(13)9-12(16-11)14-3-4-17-5-7-18-8-6-17/h9H,2-8H2,1H3,(H,14,15,16). The van der Waals surface area contributed by atoms with E-state index in [2.05, 4.69) is 43.0 Å². The molecule has 2 rings (SSSR count). The average molecular weight is 315 g/mol. The van der Waals surface area contributed by atoms with Crippen LogP contribution < -0.4 is 5.32 Å². The number of anilines is 1. The number of aryl methyl sites for hydroxylation is 1. The second-order valence-electron chi connectivity index (χ2n) is 4.23. The van der Waals surface area contributed by atoms with Crippen LogP contribution >= 0.6 is 15.9 Å². The first-order chi connectivity index (χ1) is 8.78. The number of rotatable bonds is 5. The van der Waals surface area contributed by atoms with Crippen molar-refractivity contribution >= 4 is 21.7 Å². The number of hydrogen-bond donors (Lipinski definition) is 1. The van der Waals surface area contributed by atoms with Crippen molar-refractivity contribution in [2.45, 2.75) is 13.3 Å². The van der Waals surface area contributed by atoms with Crippen molar-refractivity contribution in [3.63, 3.8) is 0 Å². The molecule has 0 unspecified atom stereocenters. The SMILES string of the molecule is CCc1nc(Br)cc(NCCN2CCOCC2)n1. The van der Waals surface area contributed by atoms with Crippen molar-refractivity contribution in [3.05, 3.63) is 16.5 Å². The summed E-state index contributed by atoms with van der Waals surface area (Å²) in [4.78, 5) is 11.1. The van der Waals surface area contributed by atoms with Gasteiger partial charge in [0.25, 0.3) is 0 Å². The van der Waals surface area contributed by atoms with E-state index in [-0.39, 0.29) is 0 Å². The molecule has 1 fully saturated rings. The first-order valence-corrected chi connectivity index (χ1v) is 7.14. The molecule has 1 aliphatic rings. The molecule has 1 aromatic heterocycles. The van der Waals surface area contributed by atoms with Crippen LogP contribution in [0.2, 0.25) is 0 Å². The van der Waals surface area contributed by atoms with Gasteiger partial charge in [-0.15, -0.1) is 0 Å². The Labute approximate surface area is 116 Å². The molecule has 6 heteroatoms. The number of nitrogens with one attached hydrogen (secondary N) is 1. The van der Waals surface area contributed by atoms with Crippen molar-refractivity contribution < 1.29 is 4.74 Å². The molecule has 100 valence electrons. The smallest absolute Gasteiger partial charge is 0.131 e. The molecule has 1 aromatic rings. The first kappa shape index (κ1) is 13.7. The molecule has 0 aliphatic carbocycles. The predicted molar refractivity (Wildman–Crippen MR) is 74.9 cm³/mol. The van der Waals surface area contributed by atoms with Crippen LogP contribution in [0.3, 0.4) is 0 Å². The maximum absolute atomic E-state index is 5.32. The molecule has 0 saturated carbocycles. The Bertz CT molecular complexity index is 382. The molecule has 0 spiro atoms. The summed E-state index contributed by atoms with van der Waals surface area (Å²) in [6.07, 6.45) is 0.845. The first-order valence-electron chi connectivity index (χ1n) is 6.35. The Balaban J connectivity index is 1.80. The van der Waals surface area contributed by atoms with Gasteiger partial charge in [0.2, 0.25) is 0 Å². The van der Waals surface area contributed by atoms with Gasteiger partial charge < -0.3 is 10.1 Å². The highest BCUT2D eigenvalue weighted by molar-refractivity contribution is 9.10. The van der Waals surface area contributed by atoms with Gasteiger partial charge in [-0.3, -0.25) is 4.90 Å². The van der Waals surface area contributed by atoms with E-state index in [1.54, 1.807) is 0 Å². The fourth-order valence-corrected chi connectivity index (χ4v) is 2.30. The number of morpholine rings is 1. The molecular formula is C12H19BrN4O. The summed E-state index contributed by atoms with van der Waals surface area (Å²) < 4.78 is 6.16. The van der Waals surface area contributed by atoms with Gasteiger partial charge in [0, 0.05) is 38.7 Å². The molecule has 0 bridgehead atoms. The molecule has 5 nitrogen and oxygen atoms in total. The zero-order chi connectivity index (χ0) is 12.8. The highest BCUT2D eigenvalue weighted by Gasteiger charge is 2.09. The molecule has 2 heterocycles. The topological polar surface area (TPSA) is 50.3 Å². The van der Waals surface area contributed by atoms with E-state index in [1.165, 1.54) is 0 Å². The molecule has 0 radical (unpaired) electrons. The monoisotopic (exact) mass is 314 g/mol. The summed E-state index contributed by atoms with van der Waals surface area (Å²) >= 11 is 3.40. The van der Waals surface area contributed by atoms with Gasteiger partial charge in [-0.2, -0.15) is 0 Å². The minimum atomic E-state index is 0.836. The minimum Gasteiger partial charge on any atom is -0.379 e. The summed E-state index contributed by atoms with van der Waals surface area (Å²) in [5, 5.41) is 3.34. The summed E-state index contributed by atoms with van der Waals surface area (Å²) in [6, 6.07) is 1.92. The van der Waals surface area contributed by atoms with Gasteiger partial charge in [-0.25, -0.2) is 9.97 Å². The average Bonchev–Trinajstić information content (AvgIpc) is 2.39. The summed E-state index contributed by atoms with van der Waals surface area (Å²) in [7, 11) is 0. The third kappa shape index (κ3) is 4.19. The predicted octanol–water partition coefficient (Wildman–Crippen LogP) is 1.55. The van der Waals surface area contributed by atoms with Crippen LogP contribution in [0.25, 0.3) is 0 Å². The number of halogens is 1. The van der Waals surface area contributed by atoms with E-state index in [1.807, 2.05) is 6.07 Å². The summed E-state index contributed by atoms with van der Waals surface area (Å²) in [6.45, 7) is 7.71. The van der Waals surface area contributed by atoms with Crippen LogP contribution in [0.15, 0.2) is 10.7 Å². The number of aromatic nitrogens is 2. The Hall–Kier alpha value is -0.720. The van der Waals surface area contributed by atoms with E-state index in [0.29, 0.717) is 0 Å². The quantitative estimate of drug-likeness (QED) is 0.836. The zero-order valence-electron chi connectivity index (χ0n) is 10.7. The fraction of sp³-hybridized carbons (Fsp3) is 0.667. The minimum absolute atomic E-state index is 0.836. The van der Waals surface area contributed by atoms with Crippen LogP contribution in [0, 0.1) is 0 Å². The third-order valence-corrected chi connectivity index (χ3v) is 3.30. The normalized spacial score (nSPS) is 16.8. The van der Waals surface area contributed by atoms with Crippen molar-refractivity contribution in [1.29, 1.82) is 0 Å². The number of hydrogen-bond acceptors (Lipinski definition) is 5. The Morgan fingerprint density at radius 1 is 1.39 bits per heavy atom. The summed E-state index contributed by atoms with van der Waals surface area (Å²) in [5.41, 5.74) is 0. The van der Waals surface area contributed by atoms with Gasteiger partial charge in [0.05, 0.1) is 13.2 Å². The molecule has 0 atom stereocenters. The Morgan fingerprint density at radius 3 is 2.89 bits per heavy atom. The van der Waals surface area contributed by atoms with Gasteiger partial charge in [-0.1, -0.05) is 6.92 Å².